The molecule has 3 rings (SSSR count). The molecule has 0 unspecified atom stereocenters. The Balaban J connectivity index is 1.84. The summed E-state index contributed by atoms with van der Waals surface area (Å²) in [6, 6.07) is 16.5. The van der Waals surface area contributed by atoms with Crippen LogP contribution in [0.3, 0.4) is 0 Å². The normalized spacial score (nSPS) is 11.3. The van der Waals surface area contributed by atoms with Gasteiger partial charge in [0.2, 0.25) is 0 Å². The van der Waals surface area contributed by atoms with Gasteiger partial charge in [0.25, 0.3) is 10.0 Å². The Kier molecular flexibility index (Phi) is 4.84. The predicted octanol–water partition coefficient (Wildman–Crippen LogP) is 4.53. The number of carboxylic acid groups (broad SMARTS) is 1. The van der Waals surface area contributed by atoms with Crippen molar-refractivity contribution in [3.05, 3.63) is 70.6 Å². The molecular formula is C19H17NO4S2. The van der Waals surface area contributed by atoms with Gasteiger partial charge in [0.05, 0.1) is 0 Å². The van der Waals surface area contributed by atoms with E-state index in [1.54, 1.807) is 19.1 Å². The maximum absolute atomic E-state index is 12.5. The lowest BCUT2D eigenvalue weighted by molar-refractivity contribution is 0.0701. The minimum atomic E-state index is -3.83. The SMILES string of the molecule is Cc1cccc(-c2ccc(NS(=O)(=O)c3cc(C)c(C(=O)O)s3)cc2)c1. The Morgan fingerprint density at radius 1 is 1.00 bits per heavy atom. The van der Waals surface area contributed by atoms with Gasteiger partial charge in [-0.15, -0.1) is 11.3 Å². The fourth-order valence-electron chi connectivity index (χ4n) is 2.56. The van der Waals surface area contributed by atoms with E-state index in [0.717, 1.165) is 28.0 Å². The molecule has 0 saturated carbocycles. The zero-order valence-corrected chi connectivity index (χ0v) is 15.8. The fourth-order valence-corrected chi connectivity index (χ4v) is 5.00. The van der Waals surface area contributed by atoms with Gasteiger partial charge < -0.3 is 5.11 Å². The molecule has 0 aliphatic heterocycles. The average molecular weight is 387 g/mol. The van der Waals surface area contributed by atoms with E-state index in [9.17, 15) is 13.2 Å². The van der Waals surface area contributed by atoms with Crippen LogP contribution in [0.5, 0.6) is 0 Å². The van der Waals surface area contributed by atoms with E-state index < -0.39 is 16.0 Å². The van der Waals surface area contributed by atoms with Gasteiger partial charge in [-0.2, -0.15) is 0 Å². The summed E-state index contributed by atoms with van der Waals surface area (Å²) in [4.78, 5) is 11.1. The van der Waals surface area contributed by atoms with Crippen molar-refractivity contribution in [2.24, 2.45) is 0 Å². The van der Waals surface area contributed by atoms with Gasteiger partial charge in [-0.25, -0.2) is 13.2 Å². The number of hydrogen-bond donors (Lipinski definition) is 2. The molecule has 1 aromatic heterocycles. The lowest BCUT2D eigenvalue weighted by atomic mass is 10.0. The summed E-state index contributed by atoms with van der Waals surface area (Å²) in [5, 5.41) is 9.09. The third-order valence-electron chi connectivity index (χ3n) is 3.84. The number of sulfonamides is 1. The van der Waals surface area contributed by atoms with E-state index in [0.29, 0.717) is 11.3 Å². The highest BCUT2D eigenvalue weighted by molar-refractivity contribution is 7.94. The number of benzene rings is 2. The molecule has 7 heteroatoms. The molecule has 0 bridgehead atoms. The van der Waals surface area contributed by atoms with E-state index in [1.165, 1.54) is 6.07 Å². The zero-order valence-electron chi connectivity index (χ0n) is 14.2. The standard InChI is InChI=1S/C19H17NO4S2/c1-12-4-3-5-15(10-12)14-6-8-16(9-7-14)20-26(23,24)17-11-13(2)18(25-17)19(21)22/h3-11,20H,1-2H3,(H,21,22). The van der Waals surface area contributed by atoms with Crippen molar-refractivity contribution >= 4 is 33.0 Å². The van der Waals surface area contributed by atoms with Crippen LogP contribution in [-0.2, 0) is 10.0 Å². The van der Waals surface area contributed by atoms with Crippen molar-refractivity contribution in [1.29, 1.82) is 0 Å². The molecular weight excluding hydrogens is 370 g/mol. The molecule has 2 aromatic carbocycles. The lowest BCUT2D eigenvalue weighted by Gasteiger charge is -2.08. The molecule has 5 nitrogen and oxygen atoms in total. The monoisotopic (exact) mass is 387 g/mol. The van der Waals surface area contributed by atoms with Crippen LogP contribution in [0.1, 0.15) is 20.8 Å². The van der Waals surface area contributed by atoms with Crippen molar-refractivity contribution in [3.63, 3.8) is 0 Å². The Hall–Kier alpha value is -2.64. The van der Waals surface area contributed by atoms with Crippen molar-refractivity contribution in [3.8, 4) is 11.1 Å². The maximum atomic E-state index is 12.5. The highest BCUT2D eigenvalue weighted by Crippen LogP contribution is 2.28. The number of anilines is 1. The van der Waals surface area contributed by atoms with Crippen LogP contribution < -0.4 is 4.72 Å². The summed E-state index contributed by atoms with van der Waals surface area (Å²) >= 11 is 0.745. The molecule has 1 heterocycles. The molecule has 0 fully saturated rings. The van der Waals surface area contributed by atoms with Crippen molar-refractivity contribution in [2.75, 3.05) is 4.72 Å². The quantitative estimate of drug-likeness (QED) is 0.674. The number of carboxylic acids is 1. The van der Waals surface area contributed by atoms with Crippen LogP contribution in [0.25, 0.3) is 11.1 Å². The Labute approximate surface area is 156 Å². The van der Waals surface area contributed by atoms with Gasteiger partial charge in [-0.1, -0.05) is 42.0 Å². The third kappa shape index (κ3) is 3.79. The summed E-state index contributed by atoms with van der Waals surface area (Å²) in [5.41, 5.74) is 4.03. The number of aromatic carboxylic acids is 1. The first-order valence-corrected chi connectivity index (χ1v) is 10.1. The van der Waals surface area contributed by atoms with Gasteiger partial charge in [0.1, 0.15) is 9.09 Å². The van der Waals surface area contributed by atoms with E-state index >= 15 is 0 Å². The van der Waals surface area contributed by atoms with Crippen LogP contribution in [0.4, 0.5) is 5.69 Å². The second-order valence-electron chi connectivity index (χ2n) is 5.94. The maximum Gasteiger partial charge on any atom is 0.346 e. The average Bonchev–Trinajstić information content (AvgIpc) is 2.98. The summed E-state index contributed by atoms with van der Waals surface area (Å²) in [6.45, 7) is 3.59. The topological polar surface area (TPSA) is 83.5 Å². The first-order valence-electron chi connectivity index (χ1n) is 7.80. The molecule has 26 heavy (non-hydrogen) atoms. The summed E-state index contributed by atoms with van der Waals surface area (Å²) in [5.74, 6) is -1.13. The van der Waals surface area contributed by atoms with Crippen LogP contribution in [-0.4, -0.2) is 19.5 Å². The number of aryl methyl sites for hydroxylation is 2. The van der Waals surface area contributed by atoms with Gasteiger partial charge in [-0.3, -0.25) is 4.72 Å². The summed E-state index contributed by atoms with van der Waals surface area (Å²) in [7, 11) is -3.83. The first-order chi connectivity index (χ1) is 12.3. The molecule has 0 atom stereocenters. The first kappa shape index (κ1) is 18.2. The van der Waals surface area contributed by atoms with Gasteiger partial charge in [-0.05, 0) is 48.7 Å². The minimum Gasteiger partial charge on any atom is -0.477 e. The van der Waals surface area contributed by atoms with Crippen molar-refractivity contribution in [2.45, 2.75) is 18.1 Å². The lowest BCUT2D eigenvalue weighted by Crippen LogP contribution is -2.11. The van der Waals surface area contributed by atoms with Gasteiger partial charge in [0, 0.05) is 5.69 Å². The second-order valence-corrected chi connectivity index (χ2v) is 8.90. The molecule has 3 aromatic rings. The molecule has 0 aliphatic carbocycles. The molecule has 0 spiro atoms. The van der Waals surface area contributed by atoms with Gasteiger partial charge >= 0.3 is 5.97 Å². The van der Waals surface area contributed by atoms with Crippen molar-refractivity contribution < 1.29 is 18.3 Å². The molecule has 0 aliphatic rings. The van der Waals surface area contributed by atoms with E-state index in [-0.39, 0.29) is 9.09 Å². The van der Waals surface area contributed by atoms with Crippen LogP contribution in [0.15, 0.2) is 58.8 Å². The zero-order chi connectivity index (χ0) is 18.9. The minimum absolute atomic E-state index is 0.0184. The van der Waals surface area contributed by atoms with Crippen LogP contribution >= 0.6 is 11.3 Å². The second kappa shape index (κ2) is 6.93. The smallest absolute Gasteiger partial charge is 0.346 e. The number of carbonyl (C=O) groups is 1. The van der Waals surface area contributed by atoms with E-state index in [2.05, 4.69) is 10.8 Å². The van der Waals surface area contributed by atoms with E-state index in [1.807, 2.05) is 37.3 Å². The van der Waals surface area contributed by atoms with Crippen molar-refractivity contribution in [1.82, 2.24) is 0 Å². The summed E-state index contributed by atoms with van der Waals surface area (Å²) < 4.78 is 27.5. The van der Waals surface area contributed by atoms with Crippen LogP contribution in [0.2, 0.25) is 0 Å². The summed E-state index contributed by atoms with van der Waals surface area (Å²) in [6.07, 6.45) is 0. The molecule has 134 valence electrons. The number of hydrogen-bond acceptors (Lipinski definition) is 4. The fraction of sp³-hybridized carbons (Fsp3) is 0.105. The largest absolute Gasteiger partial charge is 0.477 e. The Bertz CT molecular complexity index is 1070. The number of rotatable bonds is 5. The Morgan fingerprint density at radius 2 is 1.69 bits per heavy atom. The highest BCUT2D eigenvalue weighted by Gasteiger charge is 2.21. The Morgan fingerprint density at radius 3 is 2.27 bits per heavy atom. The van der Waals surface area contributed by atoms with E-state index in [4.69, 9.17) is 5.11 Å². The van der Waals surface area contributed by atoms with Crippen LogP contribution in [0, 0.1) is 13.8 Å². The molecule has 0 saturated heterocycles. The number of nitrogens with one attached hydrogen (secondary N) is 1. The predicted molar refractivity (Wildman–Crippen MR) is 103 cm³/mol. The molecule has 0 amide bonds. The van der Waals surface area contributed by atoms with Gasteiger partial charge in [0.15, 0.2) is 0 Å². The molecule has 0 radical (unpaired) electrons. The molecule has 2 N–H and O–H groups in total. The third-order valence-corrected chi connectivity index (χ3v) is 6.92. The number of thiophene rings is 1. The highest BCUT2D eigenvalue weighted by atomic mass is 32.2.